The summed E-state index contributed by atoms with van der Waals surface area (Å²) in [6.45, 7) is 2.47. The molecule has 0 N–H and O–H groups in total. The fourth-order valence-corrected chi connectivity index (χ4v) is 7.48. The van der Waals surface area contributed by atoms with E-state index < -0.39 is 15.4 Å². The summed E-state index contributed by atoms with van der Waals surface area (Å²) in [6, 6.07) is 7.54. The molecular weight excluding hydrogens is 515 g/mol. The number of hydrogen-bond acceptors (Lipinski definition) is 7. The van der Waals surface area contributed by atoms with Crippen molar-refractivity contribution in [3.63, 3.8) is 0 Å². The van der Waals surface area contributed by atoms with E-state index in [0.29, 0.717) is 24.3 Å². The number of aryl methyl sites for hydroxylation is 1. The van der Waals surface area contributed by atoms with Gasteiger partial charge in [-0.05, 0) is 61.7 Å². The van der Waals surface area contributed by atoms with Gasteiger partial charge in [0.15, 0.2) is 10.8 Å². The summed E-state index contributed by atoms with van der Waals surface area (Å²) in [7, 11) is -3.89. The Morgan fingerprint density at radius 3 is 2.73 bits per heavy atom. The van der Waals surface area contributed by atoms with E-state index in [2.05, 4.69) is 15.2 Å². The number of aromatic nitrogens is 5. The van der Waals surface area contributed by atoms with Crippen molar-refractivity contribution in [2.45, 2.75) is 31.3 Å². The summed E-state index contributed by atoms with van der Waals surface area (Å²) in [4.78, 5) is 18.3. The predicted octanol–water partition coefficient (Wildman–Crippen LogP) is 3.59. The molecule has 0 radical (unpaired) electrons. The molecule has 1 atom stereocenters. The highest BCUT2D eigenvalue weighted by molar-refractivity contribution is 7.89. The minimum absolute atomic E-state index is 0.00636. The average Bonchev–Trinajstić information content (AvgIpc) is 3.68. The average molecular weight is 539 g/mol. The number of halogens is 1. The fraction of sp³-hybridized carbons (Fsp3) is 0.280. The molecule has 0 amide bonds. The lowest BCUT2D eigenvalue weighted by atomic mass is 9.65. The molecule has 0 bridgehead atoms. The maximum Gasteiger partial charge on any atom is 0.260 e. The van der Waals surface area contributed by atoms with Gasteiger partial charge in [0.05, 0.1) is 34.7 Å². The largest absolute Gasteiger partial charge is 0.291 e. The van der Waals surface area contributed by atoms with E-state index in [0.717, 1.165) is 16.8 Å². The van der Waals surface area contributed by atoms with Crippen LogP contribution in [0.3, 0.4) is 0 Å². The lowest BCUT2D eigenvalue weighted by molar-refractivity contribution is 0.0770. The van der Waals surface area contributed by atoms with E-state index in [-0.39, 0.29) is 36.1 Å². The molecule has 1 aliphatic heterocycles. The van der Waals surface area contributed by atoms with Gasteiger partial charge < -0.3 is 0 Å². The Labute approximate surface area is 216 Å². The smallest absolute Gasteiger partial charge is 0.260 e. The lowest BCUT2D eigenvalue weighted by Crippen LogP contribution is -2.53. The zero-order chi connectivity index (χ0) is 25.8. The van der Waals surface area contributed by atoms with E-state index in [9.17, 15) is 17.6 Å². The third-order valence-corrected chi connectivity index (χ3v) is 9.59. The molecule has 1 fully saturated rings. The highest BCUT2D eigenvalue weighted by Crippen LogP contribution is 2.47. The molecule has 0 unspecified atom stereocenters. The van der Waals surface area contributed by atoms with Crippen molar-refractivity contribution in [1.82, 2.24) is 28.9 Å². The Kier molecular flexibility index (Phi) is 5.70. The monoisotopic (exact) mass is 538 g/mol. The first-order valence-corrected chi connectivity index (χ1v) is 14.2. The Morgan fingerprint density at radius 1 is 1.19 bits per heavy atom. The molecule has 2 aliphatic rings. The number of benzene rings is 1. The van der Waals surface area contributed by atoms with Gasteiger partial charge >= 0.3 is 0 Å². The first-order valence-electron chi connectivity index (χ1n) is 11.8. The van der Waals surface area contributed by atoms with Gasteiger partial charge in [0, 0.05) is 25.0 Å². The van der Waals surface area contributed by atoms with Gasteiger partial charge in [-0.15, -0.1) is 11.3 Å². The first-order chi connectivity index (χ1) is 17.8. The third-order valence-electron chi connectivity index (χ3n) is 7.13. The van der Waals surface area contributed by atoms with Crippen molar-refractivity contribution in [1.29, 1.82) is 0 Å². The fourth-order valence-electron chi connectivity index (χ4n) is 5.29. The summed E-state index contributed by atoms with van der Waals surface area (Å²) < 4.78 is 45.4. The van der Waals surface area contributed by atoms with Crippen LogP contribution in [-0.2, 0) is 23.0 Å². The highest BCUT2D eigenvalue weighted by atomic mass is 32.2. The van der Waals surface area contributed by atoms with E-state index in [4.69, 9.17) is 0 Å². The molecule has 6 rings (SSSR count). The van der Waals surface area contributed by atoms with E-state index in [1.54, 1.807) is 33.9 Å². The number of Topliss-reactive ketones (excluding diaryl/α,β-unsaturated/α-hetero) is 1. The van der Waals surface area contributed by atoms with Gasteiger partial charge in [-0.1, -0.05) is 5.57 Å². The number of ketones is 1. The summed E-state index contributed by atoms with van der Waals surface area (Å²) in [6.07, 6.45) is 5.77. The second-order valence-electron chi connectivity index (χ2n) is 9.15. The number of piperidine rings is 1. The minimum Gasteiger partial charge on any atom is -0.291 e. The Morgan fingerprint density at radius 2 is 2.00 bits per heavy atom. The van der Waals surface area contributed by atoms with Crippen LogP contribution in [0.25, 0.3) is 11.8 Å². The molecule has 9 nitrogen and oxygen atoms in total. The number of sulfonamides is 1. The van der Waals surface area contributed by atoms with Crippen molar-refractivity contribution < 1.29 is 17.6 Å². The van der Waals surface area contributed by atoms with Crippen molar-refractivity contribution in [3.05, 3.63) is 82.0 Å². The molecule has 1 saturated heterocycles. The van der Waals surface area contributed by atoms with Crippen LogP contribution in [0.4, 0.5) is 4.39 Å². The highest BCUT2D eigenvalue weighted by Gasteiger charge is 2.51. The van der Waals surface area contributed by atoms with Gasteiger partial charge in [-0.2, -0.15) is 14.5 Å². The maximum absolute atomic E-state index is 14.0. The number of thiazole rings is 1. The second kappa shape index (κ2) is 8.82. The number of rotatable bonds is 6. The predicted molar refractivity (Wildman–Crippen MR) is 135 cm³/mol. The Hall–Kier alpha value is -3.48. The van der Waals surface area contributed by atoms with Crippen LogP contribution in [0.1, 0.15) is 35.1 Å². The van der Waals surface area contributed by atoms with Gasteiger partial charge in [-0.3, -0.25) is 9.48 Å². The van der Waals surface area contributed by atoms with Crippen LogP contribution in [0.5, 0.6) is 0 Å². The summed E-state index contributed by atoms with van der Waals surface area (Å²) >= 11 is 1.32. The lowest BCUT2D eigenvalue weighted by Gasteiger charge is -2.44. The standard InChI is InChI=1S/C25H23FN6O3S2/c1-2-31-23(7-9-28-31)37(34,35)30-10-8-18-11-22-17(13-29-32(22)20-5-3-19(26)4-6-20)12-25(18,15-30)24(33)21-14-36-16-27-21/h3-7,9,11,13-14,16H,2,8,10,12,15H2,1H3/t25-/m0/s1. The van der Waals surface area contributed by atoms with E-state index in [1.807, 2.05) is 13.0 Å². The maximum atomic E-state index is 14.0. The molecular formula is C25H23FN6O3S2. The van der Waals surface area contributed by atoms with Crippen molar-refractivity contribution in [2.24, 2.45) is 5.41 Å². The summed E-state index contributed by atoms with van der Waals surface area (Å²) in [5.41, 5.74) is 3.98. The van der Waals surface area contributed by atoms with Crippen molar-refractivity contribution in [3.8, 4) is 5.69 Å². The molecule has 12 heteroatoms. The van der Waals surface area contributed by atoms with Gasteiger partial charge in [-0.25, -0.2) is 22.5 Å². The number of carbonyl (C=O) groups is 1. The van der Waals surface area contributed by atoms with Gasteiger partial charge in [0.2, 0.25) is 0 Å². The van der Waals surface area contributed by atoms with Crippen LogP contribution >= 0.6 is 11.3 Å². The number of carbonyl (C=O) groups excluding carboxylic acids is 1. The van der Waals surface area contributed by atoms with E-state index >= 15 is 0 Å². The summed E-state index contributed by atoms with van der Waals surface area (Å²) in [5.74, 6) is -0.543. The zero-order valence-electron chi connectivity index (χ0n) is 19.9. The molecule has 4 aromatic rings. The van der Waals surface area contributed by atoms with Gasteiger partial charge in [0.1, 0.15) is 11.5 Å². The Bertz CT molecular complexity index is 1620. The second-order valence-corrected chi connectivity index (χ2v) is 11.8. The molecule has 4 heterocycles. The first kappa shape index (κ1) is 23.9. The number of hydrogen-bond donors (Lipinski definition) is 0. The molecule has 1 aromatic carbocycles. The number of nitrogens with zero attached hydrogens (tertiary/aromatic N) is 6. The minimum atomic E-state index is -3.89. The Balaban J connectivity index is 1.45. The molecule has 3 aromatic heterocycles. The molecule has 1 aliphatic carbocycles. The third kappa shape index (κ3) is 3.78. The molecule has 37 heavy (non-hydrogen) atoms. The topological polar surface area (TPSA) is 103 Å². The SMILES string of the molecule is CCn1nccc1S(=O)(=O)N1CCC2=Cc3c(cnn3-c3ccc(F)cc3)C[C@]2(C(=O)c2cscn2)C1. The van der Waals surface area contributed by atoms with Crippen LogP contribution in [-0.4, -0.2) is 56.1 Å². The normalized spacial score (nSPS) is 19.8. The zero-order valence-corrected chi connectivity index (χ0v) is 21.5. The number of fused-ring (bicyclic) bond motifs is 2. The molecule has 190 valence electrons. The van der Waals surface area contributed by atoms with Crippen LogP contribution in [0.2, 0.25) is 0 Å². The van der Waals surface area contributed by atoms with E-state index in [1.165, 1.54) is 44.7 Å². The molecule has 0 spiro atoms. The van der Waals surface area contributed by atoms with Crippen molar-refractivity contribution in [2.75, 3.05) is 13.1 Å². The van der Waals surface area contributed by atoms with Crippen molar-refractivity contribution >= 4 is 33.2 Å². The van der Waals surface area contributed by atoms with Crippen LogP contribution < -0.4 is 0 Å². The van der Waals surface area contributed by atoms with Crippen LogP contribution in [0.15, 0.2) is 64.2 Å². The summed E-state index contributed by atoms with van der Waals surface area (Å²) in [5, 5.41) is 10.5. The van der Waals surface area contributed by atoms with Crippen LogP contribution in [0, 0.1) is 11.2 Å². The van der Waals surface area contributed by atoms with Gasteiger partial charge in [0.25, 0.3) is 10.0 Å². The molecule has 0 saturated carbocycles. The quantitative estimate of drug-likeness (QED) is 0.348.